The average Bonchev–Trinajstić information content (AvgIpc) is 3.19. The SMILES string of the molecule is CC(=O)Oc1ccc2c3c1O[C@H]1[C@@H](OC(C)=O)C=C[C@H]4[C@@H](C2)N(C)CC[C@@]341.NCc1ccccc1. The third-order valence-electron chi connectivity index (χ3n) is 7.75. The lowest BCUT2D eigenvalue weighted by molar-refractivity contribution is -0.152. The van der Waals surface area contributed by atoms with E-state index in [-0.39, 0.29) is 29.4 Å². The maximum Gasteiger partial charge on any atom is 0.308 e. The lowest BCUT2D eigenvalue weighted by Gasteiger charge is -2.56. The van der Waals surface area contributed by atoms with Gasteiger partial charge < -0.3 is 24.8 Å². The first-order valence-corrected chi connectivity index (χ1v) is 12.2. The van der Waals surface area contributed by atoms with Crippen LogP contribution in [-0.4, -0.2) is 48.7 Å². The summed E-state index contributed by atoms with van der Waals surface area (Å²) < 4.78 is 17.5. The highest BCUT2D eigenvalue weighted by molar-refractivity contribution is 5.73. The molecule has 2 bridgehead atoms. The van der Waals surface area contributed by atoms with Gasteiger partial charge in [0.25, 0.3) is 0 Å². The predicted molar refractivity (Wildman–Crippen MR) is 131 cm³/mol. The second-order valence-corrected chi connectivity index (χ2v) is 9.78. The second kappa shape index (κ2) is 9.13. The van der Waals surface area contributed by atoms with Crippen molar-refractivity contribution in [1.82, 2.24) is 4.90 Å². The van der Waals surface area contributed by atoms with Crippen molar-refractivity contribution in [2.75, 3.05) is 13.6 Å². The van der Waals surface area contributed by atoms with Crippen LogP contribution in [-0.2, 0) is 32.7 Å². The standard InChI is InChI=1S/C21H23NO5.C7H9N/c1-11(23)25-16-6-4-13-10-15-14-5-7-17(26-12(2)24)20-21(14,8-9-22(15)3)18(13)19(16)27-20;8-6-7-4-2-1-3-5-7/h4-7,14-15,17,20H,8-10H2,1-3H3;1-5H,6,8H2/t14-,15+,17-,20-,21-;/m0./s1. The summed E-state index contributed by atoms with van der Waals surface area (Å²) >= 11 is 0. The Balaban J connectivity index is 0.000000271. The molecule has 0 unspecified atom stereocenters. The number of carbonyl (C=O) groups excluding carboxylic acids is 2. The van der Waals surface area contributed by atoms with Crippen molar-refractivity contribution in [3.63, 3.8) is 0 Å². The van der Waals surface area contributed by atoms with Crippen LogP contribution in [0.4, 0.5) is 0 Å². The van der Waals surface area contributed by atoms with Crippen molar-refractivity contribution in [2.45, 2.75) is 56.9 Å². The maximum atomic E-state index is 11.7. The molecule has 2 N–H and O–H groups in total. The minimum absolute atomic E-state index is 0.245. The van der Waals surface area contributed by atoms with Crippen LogP contribution < -0.4 is 15.2 Å². The van der Waals surface area contributed by atoms with Gasteiger partial charge in [0, 0.05) is 43.3 Å². The summed E-state index contributed by atoms with van der Waals surface area (Å²) in [5.74, 6) is 0.712. The Bertz CT molecular complexity index is 1160. The largest absolute Gasteiger partial charge is 0.481 e. The van der Waals surface area contributed by atoms with Crippen LogP contribution in [0, 0.1) is 5.92 Å². The van der Waals surface area contributed by atoms with Gasteiger partial charge in [-0.15, -0.1) is 0 Å². The lowest BCUT2D eigenvalue weighted by Crippen LogP contribution is -2.65. The van der Waals surface area contributed by atoms with E-state index in [1.54, 1.807) is 0 Å². The zero-order valence-electron chi connectivity index (χ0n) is 20.4. The van der Waals surface area contributed by atoms with Gasteiger partial charge in [-0.3, -0.25) is 9.59 Å². The van der Waals surface area contributed by atoms with Crippen LogP contribution in [0.2, 0.25) is 0 Å². The van der Waals surface area contributed by atoms with Gasteiger partial charge >= 0.3 is 11.9 Å². The van der Waals surface area contributed by atoms with E-state index in [0.717, 1.165) is 24.9 Å². The molecule has 1 saturated heterocycles. The summed E-state index contributed by atoms with van der Waals surface area (Å²) in [7, 11) is 2.17. The van der Waals surface area contributed by atoms with Gasteiger partial charge in [-0.25, -0.2) is 0 Å². The van der Waals surface area contributed by atoms with Gasteiger partial charge in [-0.2, -0.15) is 0 Å². The highest BCUT2D eigenvalue weighted by atomic mass is 16.6. The van der Waals surface area contributed by atoms with E-state index in [0.29, 0.717) is 24.1 Å². The van der Waals surface area contributed by atoms with Gasteiger partial charge in [0.05, 0.1) is 0 Å². The van der Waals surface area contributed by atoms with Crippen LogP contribution >= 0.6 is 0 Å². The molecule has 2 aromatic rings. The van der Waals surface area contributed by atoms with Gasteiger partial charge in [-0.05, 0) is 49.7 Å². The molecule has 184 valence electrons. The number of hydrogen-bond acceptors (Lipinski definition) is 7. The molecule has 2 aliphatic heterocycles. The molecule has 0 aromatic heterocycles. The molecule has 6 rings (SSSR count). The van der Waals surface area contributed by atoms with Crippen molar-refractivity contribution in [2.24, 2.45) is 11.7 Å². The summed E-state index contributed by atoms with van der Waals surface area (Å²) in [6.45, 7) is 4.41. The molecule has 1 spiro atoms. The molecule has 7 heteroatoms. The Hall–Kier alpha value is -3.16. The van der Waals surface area contributed by atoms with Gasteiger partial charge in [0.15, 0.2) is 17.6 Å². The number of piperidine rings is 1. The lowest BCUT2D eigenvalue weighted by atomic mass is 9.53. The molecule has 0 amide bonds. The summed E-state index contributed by atoms with van der Waals surface area (Å²) in [5.41, 5.74) is 8.69. The highest BCUT2D eigenvalue weighted by Gasteiger charge is 2.65. The predicted octanol–water partition coefficient (Wildman–Crippen LogP) is 3.13. The number of rotatable bonds is 3. The Kier molecular flexibility index (Phi) is 6.15. The zero-order valence-corrected chi connectivity index (χ0v) is 20.4. The molecule has 1 fully saturated rings. The Morgan fingerprint density at radius 1 is 1.11 bits per heavy atom. The smallest absolute Gasteiger partial charge is 0.308 e. The summed E-state index contributed by atoms with van der Waals surface area (Å²) in [6, 6.07) is 14.3. The summed E-state index contributed by atoms with van der Waals surface area (Å²) in [4.78, 5) is 25.7. The molecule has 0 radical (unpaired) electrons. The minimum Gasteiger partial charge on any atom is -0.481 e. The van der Waals surface area contributed by atoms with Crippen molar-refractivity contribution < 1.29 is 23.8 Å². The van der Waals surface area contributed by atoms with Crippen LogP contribution in [0.5, 0.6) is 11.5 Å². The number of likely N-dealkylation sites (tertiary alicyclic amines) is 1. The first-order valence-electron chi connectivity index (χ1n) is 12.2. The molecule has 2 aliphatic carbocycles. The fourth-order valence-corrected chi connectivity index (χ4v) is 6.35. The number of nitrogens with two attached hydrogens (primary N) is 1. The van der Waals surface area contributed by atoms with Gasteiger partial charge in [0.1, 0.15) is 6.10 Å². The normalized spacial score (nSPS) is 29.3. The Morgan fingerprint density at radius 3 is 2.54 bits per heavy atom. The van der Waals surface area contributed by atoms with Crippen LogP contribution in [0.25, 0.3) is 0 Å². The average molecular weight is 477 g/mol. The number of nitrogens with zero attached hydrogens (tertiary/aromatic N) is 1. The van der Waals surface area contributed by atoms with Crippen LogP contribution in [0.15, 0.2) is 54.6 Å². The molecule has 5 atom stereocenters. The zero-order chi connectivity index (χ0) is 24.7. The van der Waals surface area contributed by atoms with Crippen molar-refractivity contribution in [1.29, 1.82) is 0 Å². The monoisotopic (exact) mass is 476 g/mol. The van der Waals surface area contributed by atoms with Crippen molar-refractivity contribution in [3.8, 4) is 11.5 Å². The van der Waals surface area contributed by atoms with Crippen LogP contribution in [0.1, 0.15) is 37.0 Å². The third kappa shape index (κ3) is 3.93. The van der Waals surface area contributed by atoms with Crippen LogP contribution in [0.3, 0.4) is 0 Å². The minimum atomic E-state index is -0.439. The topological polar surface area (TPSA) is 91.1 Å². The second-order valence-electron chi connectivity index (χ2n) is 9.78. The van der Waals surface area contributed by atoms with E-state index in [2.05, 4.69) is 24.1 Å². The molecular weight excluding hydrogens is 444 g/mol. The number of carbonyl (C=O) groups is 2. The van der Waals surface area contributed by atoms with Crippen molar-refractivity contribution in [3.05, 3.63) is 71.3 Å². The van der Waals surface area contributed by atoms with Gasteiger partial charge in [-0.1, -0.05) is 42.5 Å². The molecule has 2 heterocycles. The molecule has 7 nitrogen and oxygen atoms in total. The number of ether oxygens (including phenoxy) is 3. The van der Waals surface area contributed by atoms with E-state index < -0.39 is 6.10 Å². The number of benzene rings is 2. The number of hydrogen-bond donors (Lipinski definition) is 1. The highest BCUT2D eigenvalue weighted by Crippen LogP contribution is 2.62. The maximum absolute atomic E-state index is 11.7. The first kappa shape index (κ1) is 23.6. The Morgan fingerprint density at radius 2 is 1.89 bits per heavy atom. The number of likely N-dealkylation sites (N-methyl/N-ethyl adjacent to an activating group) is 1. The molecule has 35 heavy (non-hydrogen) atoms. The van der Waals surface area contributed by atoms with E-state index in [1.807, 2.05) is 42.5 Å². The first-order chi connectivity index (χ1) is 16.8. The fourth-order valence-electron chi connectivity index (χ4n) is 6.35. The van der Waals surface area contributed by atoms with E-state index in [4.69, 9.17) is 19.9 Å². The molecule has 2 aromatic carbocycles. The fraction of sp³-hybridized carbons (Fsp3) is 0.429. The Labute approximate surface area is 205 Å². The van der Waals surface area contributed by atoms with E-state index >= 15 is 0 Å². The molecule has 0 saturated carbocycles. The van der Waals surface area contributed by atoms with Gasteiger partial charge in [0.2, 0.25) is 0 Å². The summed E-state index contributed by atoms with van der Waals surface area (Å²) in [6.07, 6.45) is 5.31. The third-order valence-corrected chi connectivity index (χ3v) is 7.75. The number of esters is 2. The van der Waals surface area contributed by atoms with E-state index in [1.165, 1.54) is 25.0 Å². The summed E-state index contributed by atoms with van der Waals surface area (Å²) in [5, 5.41) is 0. The van der Waals surface area contributed by atoms with E-state index in [9.17, 15) is 9.59 Å². The molecule has 4 aliphatic rings. The molecular formula is C28H32N2O5. The quantitative estimate of drug-likeness (QED) is 0.413. The van der Waals surface area contributed by atoms with Crippen molar-refractivity contribution >= 4 is 11.9 Å².